The van der Waals surface area contributed by atoms with E-state index in [1.54, 1.807) is 0 Å². The quantitative estimate of drug-likeness (QED) is 0.633. The summed E-state index contributed by atoms with van der Waals surface area (Å²) < 4.78 is 5.30. The Morgan fingerprint density at radius 3 is 2.57 bits per heavy atom. The third-order valence-corrected chi connectivity index (χ3v) is 5.28. The molecule has 0 saturated carbocycles. The molecule has 2 heterocycles. The number of carbonyl (C=O) groups is 2. The highest BCUT2D eigenvalue weighted by molar-refractivity contribution is 5.78. The van der Waals surface area contributed by atoms with Gasteiger partial charge in [0.1, 0.15) is 0 Å². The van der Waals surface area contributed by atoms with E-state index in [-0.39, 0.29) is 11.8 Å². The van der Waals surface area contributed by atoms with Gasteiger partial charge in [-0.15, -0.1) is 0 Å². The Hall–Kier alpha value is -2.74. The number of aryl methyl sites for hydroxylation is 2. The van der Waals surface area contributed by atoms with Crippen LogP contribution in [-0.2, 0) is 16.0 Å². The van der Waals surface area contributed by atoms with Crippen molar-refractivity contribution >= 4 is 11.8 Å². The summed E-state index contributed by atoms with van der Waals surface area (Å²) >= 11 is 0. The molecule has 1 aliphatic heterocycles. The first-order chi connectivity index (χ1) is 14.5. The largest absolute Gasteiger partial charge is 0.355 e. The molecule has 1 aromatic heterocycles. The van der Waals surface area contributed by atoms with Crippen LogP contribution in [0.25, 0.3) is 11.4 Å². The molecule has 2 aromatic rings. The highest BCUT2D eigenvalue weighted by atomic mass is 16.5. The number of nitrogens with zero attached hydrogens (tertiary/aromatic N) is 4. The van der Waals surface area contributed by atoms with Crippen molar-refractivity contribution in [3.8, 4) is 11.4 Å². The average Bonchev–Trinajstić information content (AvgIpc) is 3.22. The van der Waals surface area contributed by atoms with Crippen LogP contribution in [0.4, 0.5) is 0 Å². The van der Waals surface area contributed by atoms with Crippen LogP contribution < -0.4 is 5.32 Å². The van der Waals surface area contributed by atoms with Gasteiger partial charge in [0.05, 0.1) is 6.54 Å². The summed E-state index contributed by atoms with van der Waals surface area (Å²) in [6.07, 6.45) is 2.84. The minimum Gasteiger partial charge on any atom is -0.355 e. The fourth-order valence-corrected chi connectivity index (χ4v) is 3.37. The predicted molar refractivity (Wildman–Crippen MR) is 114 cm³/mol. The van der Waals surface area contributed by atoms with E-state index in [2.05, 4.69) is 27.3 Å². The van der Waals surface area contributed by atoms with Gasteiger partial charge >= 0.3 is 0 Å². The van der Waals surface area contributed by atoms with Crippen molar-refractivity contribution in [1.29, 1.82) is 0 Å². The van der Waals surface area contributed by atoms with E-state index in [0.29, 0.717) is 57.3 Å². The van der Waals surface area contributed by atoms with E-state index < -0.39 is 0 Å². The van der Waals surface area contributed by atoms with Gasteiger partial charge in [-0.25, -0.2) is 0 Å². The smallest absolute Gasteiger partial charge is 0.234 e. The van der Waals surface area contributed by atoms with Crippen LogP contribution in [0.2, 0.25) is 0 Å². The van der Waals surface area contributed by atoms with Crippen LogP contribution >= 0.6 is 0 Å². The monoisotopic (exact) mass is 413 g/mol. The van der Waals surface area contributed by atoms with E-state index in [1.165, 1.54) is 5.56 Å². The van der Waals surface area contributed by atoms with E-state index >= 15 is 0 Å². The van der Waals surface area contributed by atoms with Gasteiger partial charge in [0.25, 0.3) is 0 Å². The van der Waals surface area contributed by atoms with Crippen LogP contribution in [0.1, 0.15) is 37.6 Å². The Morgan fingerprint density at radius 2 is 1.87 bits per heavy atom. The molecule has 3 rings (SSSR count). The number of benzene rings is 1. The van der Waals surface area contributed by atoms with Gasteiger partial charge in [0.15, 0.2) is 0 Å². The second kappa shape index (κ2) is 10.9. The summed E-state index contributed by atoms with van der Waals surface area (Å²) in [4.78, 5) is 32.8. The first-order valence-electron chi connectivity index (χ1n) is 10.7. The summed E-state index contributed by atoms with van der Waals surface area (Å²) in [5.41, 5.74) is 2.07. The number of hydrogen-bond acceptors (Lipinski definition) is 6. The SMILES string of the molecule is CCCCNC(=O)CN1CCN(C(=O)CCc2nc(-c3ccc(C)cc3)no2)CC1. The maximum atomic E-state index is 12.5. The lowest BCUT2D eigenvalue weighted by atomic mass is 10.1. The standard InChI is InChI=1S/C22H31N5O3/c1-3-4-11-23-19(28)16-26-12-14-27(15-13-26)21(29)10-9-20-24-22(25-30-20)18-7-5-17(2)6-8-18/h5-8H,3-4,9-16H2,1-2H3,(H,23,28). The first kappa shape index (κ1) is 22.0. The summed E-state index contributed by atoms with van der Waals surface area (Å²) in [5, 5.41) is 6.95. The van der Waals surface area contributed by atoms with E-state index in [1.807, 2.05) is 36.1 Å². The molecular weight excluding hydrogens is 382 g/mol. The lowest BCUT2D eigenvalue weighted by Crippen LogP contribution is -2.51. The molecule has 1 N–H and O–H groups in total. The minimum atomic E-state index is 0.0593. The number of unbranched alkanes of at least 4 members (excludes halogenated alkanes) is 1. The average molecular weight is 414 g/mol. The topological polar surface area (TPSA) is 91.6 Å². The van der Waals surface area contributed by atoms with Gasteiger partial charge in [0, 0.05) is 51.1 Å². The lowest BCUT2D eigenvalue weighted by molar-refractivity contribution is -0.133. The first-order valence-corrected chi connectivity index (χ1v) is 10.7. The fourth-order valence-electron chi connectivity index (χ4n) is 3.37. The van der Waals surface area contributed by atoms with Crippen molar-refractivity contribution in [3.63, 3.8) is 0 Å². The molecule has 8 heteroatoms. The molecule has 30 heavy (non-hydrogen) atoms. The van der Waals surface area contributed by atoms with Gasteiger partial charge in [-0.2, -0.15) is 4.98 Å². The number of aromatic nitrogens is 2. The molecule has 162 valence electrons. The van der Waals surface area contributed by atoms with Crippen molar-refractivity contribution in [1.82, 2.24) is 25.3 Å². The third kappa shape index (κ3) is 6.38. The normalized spacial score (nSPS) is 14.7. The zero-order valence-electron chi connectivity index (χ0n) is 17.9. The van der Waals surface area contributed by atoms with Gasteiger partial charge in [-0.3, -0.25) is 14.5 Å². The molecule has 0 spiro atoms. The fraction of sp³-hybridized carbons (Fsp3) is 0.545. The van der Waals surface area contributed by atoms with E-state index in [9.17, 15) is 9.59 Å². The van der Waals surface area contributed by atoms with E-state index in [0.717, 1.165) is 24.9 Å². The predicted octanol–water partition coefficient (Wildman–Crippen LogP) is 2.04. The molecule has 0 unspecified atom stereocenters. The number of hydrogen-bond donors (Lipinski definition) is 1. The summed E-state index contributed by atoms with van der Waals surface area (Å²) in [6.45, 7) is 7.96. The highest BCUT2D eigenvalue weighted by Gasteiger charge is 2.22. The molecule has 0 bridgehead atoms. The number of rotatable bonds is 9. The van der Waals surface area contributed by atoms with Crippen LogP contribution in [0.15, 0.2) is 28.8 Å². The van der Waals surface area contributed by atoms with Crippen molar-refractivity contribution in [3.05, 3.63) is 35.7 Å². The zero-order chi connectivity index (χ0) is 21.3. The second-order valence-electron chi connectivity index (χ2n) is 7.74. The molecule has 0 radical (unpaired) electrons. The lowest BCUT2D eigenvalue weighted by Gasteiger charge is -2.34. The summed E-state index contributed by atoms with van der Waals surface area (Å²) in [6, 6.07) is 7.92. The molecule has 1 saturated heterocycles. The maximum absolute atomic E-state index is 12.5. The number of amides is 2. The van der Waals surface area contributed by atoms with Gasteiger partial charge < -0.3 is 14.7 Å². The molecule has 0 atom stereocenters. The Bertz CT molecular complexity index is 826. The molecule has 0 aliphatic carbocycles. The van der Waals surface area contributed by atoms with Crippen molar-refractivity contribution in [2.24, 2.45) is 0 Å². The summed E-state index contributed by atoms with van der Waals surface area (Å²) in [5.74, 6) is 1.16. The molecule has 1 aliphatic rings. The molecule has 8 nitrogen and oxygen atoms in total. The Morgan fingerprint density at radius 1 is 1.13 bits per heavy atom. The molecular formula is C22H31N5O3. The summed E-state index contributed by atoms with van der Waals surface area (Å²) in [7, 11) is 0. The van der Waals surface area contributed by atoms with Crippen LogP contribution in [0.5, 0.6) is 0 Å². The van der Waals surface area contributed by atoms with Crippen LogP contribution in [0, 0.1) is 6.92 Å². The Kier molecular flexibility index (Phi) is 7.96. The van der Waals surface area contributed by atoms with Crippen molar-refractivity contribution < 1.29 is 14.1 Å². The molecule has 1 aromatic carbocycles. The Labute approximate surface area is 177 Å². The zero-order valence-corrected chi connectivity index (χ0v) is 17.9. The van der Waals surface area contributed by atoms with Gasteiger partial charge in [0.2, 0.25) is 23.5 Å². The van der Waals surface area contributed by atoms with Crippen LogP contribution in [-0.4, -0.2) is 71.0 Å². The highest BCUT2D eigenvalue weighted by Crippen LogP contribution is 2.17. The Balaban J connectivity index is 1.39. The number of carbonyl (C=O) groups excluding carboxylic acids is 2. The van der Waals surface area contributed by atoms with Gasteiger partial charge in [-0.1, -0.05) is 48.3 Å². The number of piperazine rings is 1. The molecule has 2 amide bonds. The third-order valence-electron chi connectivity index (χ3n) is 5.28. The van der Waals surface area contributed by atoms with Crippen LogP contribution in [0.3, 0.4) is 0 Å². The van der Waals surface area contributed by atoms with Crippen molar-refractivity contribution in [2.75, 3.05) is 39.3 Å². The van der Waals surface area contributed by atoms with Crippen molar-refractivity contribution in [2.45, 2.75) is 39.5 Å². The maximum Gasteiger partial charge on any atom is 0.234 e. The van der Waals surface area contributed by atoms with Gasteiger partial charge in [-0.05, 0) is 13.3 Å². The molecule has 1 fully saturated rings. The number of nitrogens with one attached hydrogen (secondary N) is 1. The second-order valence-corrected chi connectivity index (χ2v) is 7.74. The van der Waals surface area contributed by atoms with E-state index in [4.69, 9.17) is 4.52 Å². The minimum absolute atomic E-state index is 0.0593.